The zero-order chi connectivity index (χ0) is 22.9. The summed E-state index contributed by atoms with van der Waals surface area (Å²) >= 11 is 12.6. The predicted molar refractivity (Wildman–Crippen MR) is 109 cm³/mol. The molecule has 0 bridgehead atoms. The van der Waals surface area contributed by atoms with Crippen LogP contribution in [-0.4, -0.2) is 33.7 Å². The molecule has 1 saturated heterocycles. The summed E-state index contributed by atoms with van der Waals surface area (Å²) in [4.78, 5) is 36.0. The molecule has 1 aromatic heterocycles. The van der Waals surface area contributed by atoms with Crippen LogP contribution in [0.25, 0.3) is 17.4 Å². The standard InChI is InChI=1S/C19H12Cl2F3NO5S/c20-11-6-9(19(22,23)24)7-12(21)16(11)13-4-3-10(30-13)8-14-17(28)25(18(29)31-14)5-1-2-15(26)27/h3-4,6-8H,1-2,5H2,(H,26,27)/b14-8+. The van der Waals surface area contributed by atoms with Gasteiger partial charge in [-0.05, 0) is 42.4 Å². The van der Waals surface area contributed by atoms with E-state index in [0.717, 1.165) is 17.0 Å². The van der Waals surface area contributed by atoms with Gasteiger partial charge in [-0.25, -0.2) is 0 Å². The number of carbonyl (C=O) groups is 3. The summed E-state index contributed by atoms with van der Waals surface area (Å²) in [5.41, 5.74) is -0.952. The second-order valence-electron chi connectivity index (χ2n) is 6.35. The zero-order valence-electron chi connectivity index (χ0n) is 15.3. The number of hydrogen-bond acceptors (Lipinski definition) is 5. The summed E-state index contributed by atoms with van der Waals surface area (Å²) in [5, 5.41) is 7.60. The van der Waals surface area contributed by atoms with Crippen molar-refractivity contribution in [2.75, 3.05) is 6.54 Å². The summed E-state index contributed by atoms with van der Waals surface area (Å²) in [6, 6.07) is 4.32. The van der Waals surface area contributed by atoms with Crippen LogP contribution in [0.3, 0.4) is 0 Å². The molecular formula is C19H12Cl2F3NO5S. The molecular weight excluding hydrogens is 482 g/mol. The van der Waals surface area contributed by atoms with Crippen molar-refractivity contribution in [3.63, 3.8) is 0 Å². The van der Waals surface area contributed by atoms with E-state index >= 15 is 0 Å². The van der Waals surface area contributed by atoms with Crippen molar-refractivity contribution >= 4 is 58.2 Å². The largest absolute Gasteiger partial charge is 0.481 e. The summed E-state index contributed by atoms with van der Waals surface area (Å²) in [7, 11) is 0. The third-order valence-corrected chi connectivity index (χ3v) is 5.67. The lowest BCUT2D eigenvalue weighted by molar-refractivity contribution is -0.138. The van der Waals surface area contributed by atoms with Gasteiger partial charge >= 0.3 is 12.1 Å². The Bertz CT molecular complexity index is 1070. The summed E-state index contributed by atoms with van der Waals surface area (Å²) in [6.45, 7) is -0.0333. The first-order valence-electron chi connectivity index (χ1n) is 8.61. The van der Waals surface area contributed by atoms with Gasteiger partial charge in [-0.2, -0.15) is 13.2 Å². The normalized spacial score (nSPS) is 15.9. The van der Waals surface area contributed by atoms with Crippen LogP contribution in [0, 0.1) is 0 Å². The number of carboxylic acid groups (broad SMARTS) is 1. The fourth-order valence-electron chi connectivity index (χ4n) is 2.75. The number of amides is 2. The van der Waals surface area contributed by atoms with Crippen LogP contribution in [0.15, 0.2) is 33.6 Å². The van der Waals surface area contributed by atoms with Crippen molar-refractivity contribution in [3.8, 4) is 11.3 Å². The number of hydrogen-bond donors (Lipinski definition) is 1. The highest BCUT2D eigenvalue weighted by molar-refractivity contribution is 8.18. The van der Waals surface area contributed by atoms with Crippen LogP contribution in [0.5, 0.6) is 0 Å². The number of rotatable bonds is 6. The van der Waals surface area contributed by atoms with Gasteiger partial charge in [-0.1, -0.05) is 23.2 Å². The Morgan fingerprint density at radius 3 is 2.42 bits per heavy atom. The lowest BCUT2D eigenvalue weighted by Gasteiger charge is -2.11. The van der Waals surface area contributed by atoms with Gasteiger partial charge in [-0.15, -0.1) is 0 Å². The SMILES string of the molecule is O=C(O)CCCN1C(=O)S/C(=C/c2ccc(-c3c(Cl)cc(C(F)(F)F)cc3Cl)o2)C1=O. The second-order valence-corrected chi connectivity index (χ2v) is 8.15. The number of thioether (sulfide) groups is 1. The molecule has 1 fully saturated rings. The Hall–Kier alpha value is -2.43. The van der Waals surface area contributed by atoms with E-state index in [1.54, 1.807) is 0 Å². The van der Waals surface area contributed by atoms with Gasteiger partial charge in [0, 0.05) is 19.0 Å². The van der Waals surface area contributed by atoms with Crippen LogP contribution in [0.4, 0.5) is 18.0 Å². The highest BCUT2D eigenvalue weighted by atomic mass is 35.5. The molecule has 0 radical (unpaired) electrons. The molecule has 2 aromatic rings. The van der Waals surface area contributed by atoms with Gasteiger partial charge in [-0.3, -0.25) is 19.3 Å². The van der Waals surface area contributed by atoms with Crippen LogP contribution in [0.1, 0.15) is 24.2 Å². The number of benzene rings is 1. The van der Waals surface area contributed by atoms with Gasteiger partial charge in [0.25, 0.3) is 11.1 Å². The molecule has 12 heteroatoms. The molecule has 0 spiro atoms. The second kappa shape index (κ2) is 8.97. The number of halogens is 5. The Kier molecular flexibility index (Phi) is 6.73. The number of nitrogens with zero attached hydrogens (tertiary/aromatic N) is 1. The van der Waals surface area contributed by atoms with Gasteiger partial charge < -0.3 is 9.52 Å². The Balaban J connectivity index is 1.82. The molecule has 1 aliphatic heterocycles. The van der Waals surface area contributed by atoms with Gasteiger partial charge in [0.2, 0.25) is 0 Å². The topological polar surface area (TPSA) is 87.8 Å². The van der Waals surface area contributed by atoms with E-state index in [1.165, 1.54) is 18.2 Å². The maximum absolute atomic E-state index is 12.9. The fourth-order valence-corrected chi connectivity index (χ4v) is 4.27. The fraction of sp³-hybridized carbons (Fsp3) is 0.211. The lowest BCUT2D eigenvalue weighted by atomic mass is 10.1. The van der Waals surface area contributed by atoms with Crippen molar-refractivity contribution < 1.29 is 37.1 Å². The highest BCUT2D eigenvalue weighted by Gasteiger charge is 2.35. The van der Waals surface area contributed by atoms with E-state index in [2.05, 4.69) is 0 Å². The molecule has 164 valence electrons. The first-order chi connectivity index (χ1) is 14.5. The molecule has 6 nitrogen and oxygen atoms in total. The van der Waals surface area contributed by atoms with Crippen LogP contribution >= 0.6 is 35.0 Å². The summed E-state index contributed by atoms with van der Waals surface area (Å²) in [6.07, 6.45) is -3.38. The maximum Gasteiger partial charge on any atom is 0.416 e. The van der Waals surface area contributed by atoms with Crippen molar-refractivity contribution in [1.82, 2.24) is 4.90 Å². The molecule has 1 aliphatic rings. The average molecular weight is 494 g/mol. The Morgan fingerprint density at radius 1 is 1.19 bits per heavy atom. The molecule has 0 saturated carbocycles. The van der Waals surface area contributed by atoms with Crippen LogP contribution < -0.4 is 0 Å². The van der Waals surface area contributed by atoms with Crippen molar-refractivity contribution in [2.24, 2.45) is 0 Å². The summed E-state index contributed by atoms with van der Waals surface area (Å²) in [5.74, 6) is -1.40. The van der Waals surface area contributed by atoms with Crippen molar-refractivity contribution in [2.45, 2.75) is 19.0 Å². The quantitative estimate of drug-likeness (QED) is 0.483. The van der Waals surface area contributed by atoms with Gasteiger partial charge in [0.1, 0.15) is 11.5 Å². The molecule has 0 atom stereocenters. The molecule has 0 aliphatic carbocycles. The number of aliphatic carboxylic acids is 1. The van der Waals surface area contributed by atoms with Gasteiger partial charge in [0.15, 0.2) is 0 Å². The smallest absolute Gasteiger partial charge is 0.416 e. The third kappa shape index (κ3) is 5.25. The zero-order valence-corrected chi connectivity index (χ0v) is 17.7. The maximum atomic E-state index is 12.9. The average Bonchev–Trinajstić information content (AvgIpc) is 3.20. The van der Waals surface area contributed by atoms with E-state index in [1.807, 2.05) is 0 Å². The monoisotopic (exact) mass is 493 g/mol. The molecule has 0 unspecified atom stereocenters. The molecule has 2 amide bonds. The number of carbonyl (C=O) groups excluding carboxylic acids is 2. The highest BCUT2D eigenvalue weighted by Crippen LogP contribution is 2.41. The lowest BCUT2D eigenvalue weighted by Crippen LogP contribution is -2.29. The Labute approximate surface area is 187 Å². The summed E-state index contributed by atoms with van der Waals surface area (Å²) < 4.78 is 44.2. The molecule has 1 aromatic carbocycles. The van der Waals surface area contributed by atoms with E-state index in [4.69, 9.17) is 32.7 Å². The van der Waals surface area contributed by atoms with Crippen LogP contribution in [-0.2, 0) is 15.8 Å². The van der Waals surface area contributed by atoms with Crippen molar-refractivity contribution in [1.29, 1.82) is 0 Å². The molecule has 31 heavy (non-hydrogen) atoms. The number of furan rings is 1. The van der Waals surface area contributed by atoms with Crippen LogP contribution in [0.2, 0.25) is 10.0 Å². The third-order valence-electron chi connectivity index (χ3n) is 4.16. The van der Waals surface area contributed by atoms with E-state index in [-0.39, 0.29) is 51.4 Å². The number of imide groups is 1. The van der Waals surface area contributed by atoms with E-state index in [9.17, 15) is 27.6 Å². The first kappa shape index (κ1) is 23.2. The minimum Gasteiger partial charge on any atom is -0.481 e. The number of carboxylic acids is 1. The minimum absolute atomic E-state index is 0.0333. The van der Waals surface area contributed by atoms with Crippen molar-refractivity contribution in [3.05, 3.63) is 50.5 Å². The van der Waals surface area contributed by atoms with E-state index in [0.29, 0.717) is 11.8 Å². The minimum atomic E-state index is -4.62. The van der Waals surface area contributed by atoms with Gasteiger partial charge in [0.05, 0.1) is 26.1 Å². The Morgan fingerprint density at radius 2 is 1.84 bits per heavy atom. The van der Waals surface area contributed by atoms with E-state index < -0.39 is 28.9 Å². The predicted octanol–water partition coefficient (Wildman–Crippen LogP) is 6.17. The number of alkyl halides is 3. The molecule has 1 N–H and O–H groups in total. The first-order valence-corrected chi connectivity index (χ1v) is 10.2. The molecule has 3 rings (SSSR count). The molecule has 2 heterocycles.